The Morgan fingerprint density at radius 1 is 1.21 bits per heavy atom. The van der Waals surface area contributed by atoms with Crippen molar-refractivity contribution >= 4 is 57.5 Å². The Bertz CT molecular complexity index is 821. The van der Waals surface area contributed by atoms with Crippen molar-refractivity contribution in [3.05, 3.63) is 26.2 Å². The van der Waals surface area contributed by atoms with Crippen LogP contribution in [0.25, 0.3) is 6.08 Å². The molecule has 0 spiro atoms. The number of rotatable bonds is 7. The Balaban J connectivity index is 2.26. The van der Waals surface area contributed by atoms with Gasteiger partial charge in [0.15, 0.2) is 11.5 Å². The fourth-order valence-electron chi connectivity index (χ4n) is 2.39. The lowest BCUT2D eigenvalue weighted by Crippen LogP contribution is -2.35. The Kier molecular flexibility index (Phi) is 7.76. The summed E-state index contributed by atoms with van der Waals surface area (Å²) < 4.78 is 17.0. The molecule has 2 amide bonds. The van der Waals surface area contributed by atoms with Gasteiger partial charge in [-0.1, -0.05) is 0 Å². The van der Waals surface area contributed by atoms with E-state index in [1.165, 1.54) is 7.11 Å². The third-order valence-corrected chi connectivity index (χ3v) is 5.14. The first kappa shape index (κ1) is 22.5. The lowest BCUT2D eigenvalue weighted by Gasteiger charge is -2.16. The number of nitrogens with zero attached hydrogens (tertiary/aromatic N) is 1. The number of carbonyl (C=O) groups excluding carboxylic acids is 3. The van der Waals surface area contributed by atoms with E-state index in [1.54, 1.807) is 26.0 Å². The number of benzene rings is 1. The number of halogens is 1. The zero-order valence-corrected chi connectivity index (χ0v) is 19.3. The Morgan fingerprint density at radius 3 is 2.46 bits per heavy atom. The second kappa shape index (κ2) is 9.64. The van der Waals surface area contributed by atoms with Crippen LogP contribution in [-0.2, 0) is 14.3 Å². The van der Waals surface area contributed by atoms with Gasteiger partial charge in [-0.05, 0) is 85.8 Å². The van der Waals surface area contributed by atoms with Crippen LogP contribution in [0.1, 0.15) is 33.3 Å². The van der Waals surface area contributed by atoms with Crippen LogP contribution in [0, 0.1) is 3.57 Å². The number of carbonyl (C=O) groups is 3. The predicted molar refractivity (Wildman–Crippen MR) is 115 cm³/mol. The zero-order valence-electron chi connectivity index (χ0n) is 16.3. The molecule has 0 unspecified atom stereocenters. The Morgan fingerprint density at radius 2 is 1.89 bits per heavy atom. The number of hydrogen-bond donors (Lipinski definition) is 0. The summed E-state index contributed by atoms with van der Waals surface area (Å²) in [5, 5.41) is -0.502. The highest BCUT2D eigenvalue weighted by atomic mass is 127. The minimum atomic E-state index is -0.620. The lowest BCUT2D eigenvalue weighted by atomic mass is 10.2. The summed E-state index contributed by atoms with van der Waals surface area (Å²) in [6.45, 7) is 6.84. The van der Waals surface area contributed by atoms with Crippen LogP contribution in [0.4, 0.5) is 4.79 Å². The highest BCUT2D eigenvalue weighted by Crippen LogP contribution is 2.37. The second-order valence-corrected chi connectivity index (χ2v) is 8.66. The summed E-state index contributed by atoms with van der Waals surface area (Å²) in [5.74, 6) is 0.0171. The first-order valence-corrected chi connectivity index (χ1v) is 10.5. The molecule has 0 atom stereocenters. The van der Waals surface area contributed by atoms with Crippen LogP contribution >= 0.6 is 34.4 Å². The summed E-state index contributed by atoms with van der Waals surface area (Å²) in [6, 6.07) is 3.57. The van der Waals surface area contributed by atoms with Crippen molar-refractivity contribution in [2.24, 2.45) is 0 Å². The van der Waals surface area contributed by atoms with Crippen molar-refractivity contribution in [2.75, 3.05) is 13.7 Å². The molecule has 0 N–H and O–H groups in total. The van der Waals surface area contributed by atoms with E-state index in [0.717, 1.165) is 20.2 Å². The van der Waals surface area contributed by atoms with Crippen molar-refractivity contribution in [2.45, 2.75) is 39.9 Å². The monoisotopic (exact) mass is 519 g/mol. The van der Waals surface area contributed by atoms with Gasteiger partial charge in [0.25, 0.3) is 11.1 Å². The van der Waals surface area contributed by atoms with E-state index >= 15 is 0 Å². The summed E-state index contributed by atoms with van der Waals surface area (Å²) in [7, 11) is 1.54. The maximum absolute atomic E-state index is 12.5. The van der Waals surface area contributed by atoms with Gasteiger partial charge in [0, 0.05) is 0 Å². The molecule has 0 bridgehead atoms. The maximum atomic E-state index is 12.5. The minimum Gasteiger partial charge on any atom is -0.493 e. The smallest absolute Gasteiger partial charge is 0.326 e. The molecule has 0 aromatic heterocycles. The molecule has 28 heavy (non-hydrogen) atoms. The Hall–Kier alpha value is -1.75. The summed E-state index contributed by atoms with van der Waals surface area (Å²) in [5.41, 5.74) is 0.688. The highest BCUT2D eigenvalue weighted by Gasteiger charge is 2.36. The van der Waals surface area contributed by atoms with Crippen molar-refractivity contribution in [3.8, 4) is 11.5 Å². The van der Waals surface area contributed by atoms with Gasteiger partial charge in [-0.25, -0.2) is 0 Å². The molecule has 1 heterocycles. The average Bonchev–Trinajstić information content (AvgIpc) is 2.83. The number of esters is 1. The highest BCUT2D eigenvalue weighted by molar-refractivity contribution is 14.1. The fraction of sp³-hybridized carbons (Fsp3) is 0.421. The molecule has 9 heteroatoms. The van der Waals surface area contributed by atoms with Crippen molar-refractivity contribution in [1.82, 2.24) is 4.90 Å². The SMILES string of the molecule is COc1cc(/C=C2/SC(=O)N(CC(=O)OC(C)C)C2=O)cc(I)c1OC(C)C. The van der Waals surface area contributed by atoms with E-state index in [4.69, 9.17) is 14.2 Å². The topological polar surface area (TPSA) is 82.1 Å². The Labute approximate surface area is 181 Å². The van der Waals surface area contributed by atoms with Gasteiger partial charge in [-0.3, -0.25) is 19.3 Å². The molecule has 1 aromatic carbocycles. The zero-order chi connectivity index (χ0) is 21.0. The number of methoxy groups -OCH3 is 1. The normalized spacial score (nSPS) is 15.7. The molecule has 7 nitrogen and oxygen atoms in total. The summed E-state index contributed by atoms with van der Waals surface area (Å²) in [6.07, 6.45) is 1.27. The fourth-order valence-corrected chi connectivity index (χ4v) is 3.98. The van der Waals surface area contributed by atoms with Gasteiger partial charge < -0.3 is 14.2 Å². The first-order chi connectivity index (χ1) is 13.1. The predicted octanol–water partition coefficient (Wildman–Crippen LogP) is 4.07. The number of hydrogen-bond acceptors (Lipinski definition) is 7. The molecule has 1 saturated heterocycles. The molecule has 0 saturated carbocycles. The van der Waals surface area contributed by atoms with Crippen LogP contribution < -0.4 is 9.47 Å². The molecule has 1 aliphatic rings. The maximum Gasteiger partial charge on any atom is 0.326 e. The quantitative estimate of drug-likeness (QED) is 0.305. The van der Waals surface area contributed by atoms with Gasteiger partial charge in [0.1, 0.15) is 6.54 Å². The number of amides is 2. The van der Waals surface area contributed by atoms with E-state index < -0.39 is 23.7 Å². The van der Waals surface area contributed by atoms with Crippen molar-refractivity contribution in [3.63, 3.8) is 0 Å². The molecule has 0 radical (unpaired) electrons. The van der Waals surface area contributed by atoms with Crippen LogP contribution in [0.3, 0.4) is 0 Å². The van der Waals surface area contributed by atoms with Crippen LogP contribution in [0.2, 0.25) is 0 Å². The minimum absolute atomic E-state index is 0.0182. The average molecular weight is 519 g/mol. The molecule has 2 rings (SSSR count). The molecule has 1 aromatic rings. The lowest BCUT2D eigenvalue weighted by molar-refractivity contribution is -0.149. The van der Waals surface area contributed by atoms with Gasteiger partial charge in [0.05, 0.1) is 27.8 Å². The van der Waals surface area contributed by atoms with E-state index in [2.05, 4.69) is 22.6 Å². The molecule has 0 aliphatic carbocycles. The van der Waals surface area contributed by atoms with Gasteiger partial charge >= 0.3 is 5.97 Å². The second-order valence-electron chi connectivity index (χ2n) is 6.51. The first-order valence-electron chi connectivity index (χ1n) is 8.61. The van der Waals surface area contributed by atoms with Crippen LogP contribution in [0.5, 0.6) is 11.5 Å². The van der Waals surface area contributed by atoms with E-state index in [0.29, 0.717) is 17.1 Å². The van der Waals surface area contributed by atoms with E-state index in [-0.39, 0.29) is 17.1 Å². The van der Waals surface area contributed by atoms with Crippen molar-refractivity contribution in [1.29, 1.82) is 0 Å². The van der Waals surface area contributed by atoms with E-state index in [1.807, 2.05) is 19.9 Å². The summed E-state index contributed by atoms with van der Waals surface area (Å²) in [4.78, 5) is 37.6. The molecule has 152 valence electrons. The van der Waals surface area contributed by atoms with Crippen molar-refractivity contribution < 1.29 is 28.6 Å². The third kappa shape index (κ3) is 5.63. The molecular weight excluding hydrogens is 497 g/mol. The van der Waals surface area contributed by atoms with Gasteiger partial charge in [-0.15, -0.1) is 0 Å². The standard InChI is InChI=1S/C19H22INO6S/c1-10(2)26-16(22)9-21-18(23)15(28-19(21)24)8-12-6-13(20)17(27-11(3)4)14(7-12)25-5/h6-8,10-11H,9H2,1-5H3/b15-8+. The van der Waals surface area contributed by atoms with Gasteiger partial charge in [-0.2, -0.15) is 0 Å². The number of thioether (sulfide) groups is 1. The number of imide groups is 1. The van der Waals surface area contributed by atoms with Gasteiger partial charge in [0.2, 0.25) is 0 Å². The number of ether oxygens (including phenoxy) is 3. The summed E-state index contributed by atoms with van der Waals surface area (Å²) >= 11 is 2.92. The van der Waals surface area contributed by atoms with Crippen LogP contribution in [-0.4, -0.2) is 47.9 Å². The molecular formula is C19H22INO6S. The van der Waals surface area contributed by atoms with E-state index in [9.17, 15) is 14.4 Å². The molecule has 1 aliphatic heterocycles. The van der Waals surface area contributed by atoms with Crippen LogP contribution in [0.15, 0.2) is 17.0 Å². The molecule has 1 fully saturated rings. The largest absolute Gasteiger partial charge is 0.493 e. The third-order valence-electron chi connectivity index (χ3n) is 3.43.